The van der Waals surface area contributed by atoms with E-state index in [1.54, 1.807) is 70.6 Å². The number of aliphatic hydroxyl groups is 1. The Balaban J connectivity index is 1.42. The number of pyridine rings is 2. The van der Waals surface area contributed by atoms with Crippen LogP contribution in [0.1, 0.15) is 30.7 Å². The van der Waals surface area contributed by atoms with Crippen LogP contribution in [0, 0.1) is 11.3 Å². The van der Waals surface area contributed by atoms with E-state index in [0.717, 1.165) is 0 Å². The lowest BCUT2D eigenvalue weighted by molar-refractivity contribution is -0.133. The molecule has 3 aromatic heterocycles. The first-order chi connectivity index (χ1) is 18.1. The highest BCUT2D eigenvalue weighted by atomic mass is 16.5. The van der Waals surface area contributed by atoms with Gasteiger partial charge in [0.05, 0.1) is 29.6 Å². The van der Waals surface area contributed by atoms with Gasteiger partial charge in [-0.25, -0.2) is 14.6 Å². The van der Waals surface area contributed by atoms with Crippen molar-refractivity contribution in [2.24, 2.45) is 0 Å². The molecular formula is C27H25N7O3. The molecule has 1 aromatic carbocycles. The van der Waals surface area contributed by atoms with Crippen molar-refractivity contribution in [3.05, 3.63) is 78.5 Å². The van der Waals surface area contributed by atoms with Crippen LogP contribution in [-0.4, -0.2) is 59.8 Å². The van der Waals surface area contributed by atoms with E-state index in [-0.39, 0.29) is 18.4 Å². The third-order valence-corrected chi connectivity index (χ3v) is 6.12. The molecule has 37 heavy (non-hydrogen) atoms. The fourth-order valence-corrected chi connectivity index (χ4v) is 4.17. The number of carbonyl (C=O) groups excluding carboxylic acids is 1. The number of benzene rings is 1. The molecule has 1 aliphatic heterocycles. The second-order valence-corrected chi connectivity index (χ2v) is 8.71. The molecular weight excluding hydrogens is 470 g/mol. The van der Waals surface area contributed by atoms with Crippen molar-refractivity contribution in [2.75, 3.05) is 13.1 Å². The zero-order valence-corrected chi connectivity index (χ0v) is 20.1. The Morgan fingerprint density at radius 1 is 1.14 bits per heavy atom. The van der Waals surface area contributed by atoms with Crippen LogP contribution in [0.5, 0.6) is 11.6 Å². The molecule has 0 aliphatic carbocycles. The highest BCUT2D eigenvalue weighted by molar-refractivity contribution is 5.76. The van der Waals surface area contributed by atoms with Crippen LogP contribution in [-0.2, 0) is 11.2 Å². The molecule has 10 nitrogen and oxygen atoms in total. The van der Waals surface area contributed by atoms with Crippen molar-refractivity contribution in [2.45, 2.75) is 31.8 Å². The summed E-state index contributed by atoms with van der Waals surface area (Å²) in [6.07, 6.45) is 6.36. The maximum absolute atomic E-state index is 12.8. The summed E-state index contributed by atoms with van der Waals surface area (Å²) in [5.41, 5.74) is 1.88. The van der Waals surface area contributed by atoms with Gasteiger partial charge in [0, 0.05) is 50.0 Å². The SMILES string of the molecule is N#Cc1cccc(-n2nc(-c3ccnc(Oc4cccnc4)c3)nc2CCC(=O)N2CCC(O)CC2)c1. The Hall–Kier alpha value is -4.62. The molecule has 4 aromatic rings. The van der Waals surface area contributed by atoms with Crippen LogP contribution in [0.3, 0.4) is 0 Å². The van der Waals surface area contributed by atoms with Gasteiger partial charge >= 0.3 is 0 Å². The summed E-state index contributed by atoms with van der Waals surface area (Å²) in [4.78, 5) is 27.7. The molecule has 0 spiro atoms. The summed E-state index contributed by atoms with van der Waals surface area (Å²) in [5, 5.41) is 23.8. The predicted molar refractivity (Wildman–Crippen MR) is 134 cm³/mol. The second kappa shape index (κ2) is 11.0. The Morgan fingerprint density at radius 2 is 2.00 bits per heavy atom. The van der Waals surface area contributed by atoms with Gasteiger partial charge in [-0.1, -0.05) is 6.07 Å². The van der Waals surface area contributed by atoms with Crippen LogP contribution >= 0.6 is 0 Å². The minimum Gasteiger partial charge on any atom is -0.437 e. The quantitative estimate of drug-likeness (QED) is 0.413. The maximum atomic E-state index is 12.8. The zero-order valence-electron chi connectivity index (χ0n) is 20.1. The molecule has 1 fully saturated rings. The third kappa shape index (κ3) is 5.79. The van der Waals surface area contributed by atoms with E-state index < -0.39 is 0 Å². The van der Waals surface area contributed by atoms with Gasteiger partial charge in [0.15, 0.2) is 5.82 Å². The number of ether oxygens (including phenoxy) is 1. The van der Waals surface area contributed by atoms with Gasteiger partial charge in [0.25, 0.3) is 0 Å². The van der Waals surface area contributed by atoms with E-state index in [4.69, 9.17) is 14.8 Å². The molecule has 1 aliphatic rings. The molecule has 0 atom stereocenters. The Kier molecular flexibility index (Phi) is 7.14. The van der Waals surface area contributed by atoms with Gasteiger partial charge in [-0.2, -0.15) is 5.26 Å². The minimum atomic E-state index is -0.338. The van der Waals surface area contributed by atoms with Gasteiger partial charge in [-0.3, -0.25) is 9.78 Å². The number of aromatic nitrogens is 5. The maximum Gasteiger partial charge on any atom is 0.223 e. The molecule has 10 heteroatoms. The second-order valence-electron chi connectivity index (χ2n) is 8.71. The van der Waals surface area contributed by atoms with Gasteiger partial charge in [0.1, 0.15) is 11.6 Å². The van der Waals surface area contributed by atoms with Crippen molar-refractivity contribution < 1.29 is 14.6 Å². The number of amides is 1. The molecule has 1 amide bonds. The van der Waals surface area contributed by atoms with Crippen molar-refractivity contribution >= 4 is 5.91 Å². The third-order valence-electron chi connectivity index (χ3n) is 6.12. The highest BCUT2D eigenvalue weighted by Crippen LogP contribution is 2.25. The van der Waals surface area contributed by atoms with Gasteiger partial charge in [-0.15, -0.1) is 5.10 Å². The first-order valence-corrected chi connectivity index (χ1v) is 12.1. The molecule has 0 saturated carbocycles. The number of aliphatic hydroxyl groups excluding tert-OH is 1. The fraction of sp³-hybridized carbons (Fsp3) is 0.259. The van der Waals surface area contributed by atoms with E-state index in [2.05, 4.69) is 16.0 Å². The summed E-state index contributed by atoms with van der Waals surface area (Å²) in [7, 11) is 0. The average Bonchev–Trinajstić information content (AvgIpc) is 3.37. The number of aryl methyl sites for hydroxylation is 1. The normalized spacial score (nSPS) is 13.8. The smallest absolute Gasteiger partial charge is 0.223 e. The van der Waals surface area contributed by atoms with E-state index in [9.17, 15) is 15.2 Å². The molecule has 0 bridgehead atoms. The van der Waals surface area contributed by atoms with Gasteiger partial charge in [0.2, 0.25) is 11.8 Å². The highest BCUT2D eigenvalue weighted by Gasteiger charge is 2.22. The number of rotatable bonds is 7. The van der Waals surface area contributed by atoms with E-state index in [1.807, 2.05) is 6.07 Å². The lowest BCUT2D eigenvalue weighted by atomic mass is 10.1. The number of nitrogens with zero attached hydrogens (tertiary/aromatic N) is 7. The fourth-order valence-electron chi connectivity index (χ4n) is 4.17. The molecule has 186 valence electrons. The molecule has 1 saturated heterocycles. The Labute approximate surface area is 213 Å². The Morgan fingerprint density at radius 3 is 2.78 bits per heavy atom. The van der Waals surface area contributed by atoms with E-state index >= 15 is 0 Å². The van der Waals surface area contributed by atoms with Gasteiger partial charge < -0.3 is 14.7 Å². The van der Waals surface area contributed by atoms with E-state index in [1.165, 1.54) is 0 Å². The van der Waals surface area contributed by atoms with Crippen molar-refractivity contribution in [1.82, 2.24) is 29.6 Å². The average molecular weight is 496 g/mol. The monoisotopic (exact) mass is 495 g/mol. The molecule has 0 unspecified atom stereocenters. The number of carbonyl (C=O) groups is 1. The standard InChI is InChI=1S/C27H25N7O3/c28-17-19-3-1-4-21(15-19)34-24(6-7-26(36)33-13-9-22(35)10-14-33)31-27(32-34)20-8-12-30-25(16-20)37-23-5-2-11-29-18-23/h1-5,8,11-12,15-16,18,22,35H,6-7,9-10,13-14H2. The topological polar surface area (TPSA) is 130 Å². The zero-order chi connectivity index (χ0) is 25.6. The summed E-state index contributed by atoms with van der Waals surface area (Å²) in [6, 6.07) is 16.3. The van der Waals surface area contributed by atoms with Crippen LogP contribution in [0.4, 0.5) is 0 Å². The summed E-state index contributed by atoms with van der Waals surface area (Å²) in [6.45, 7) is 1.11. The summed E-state index contributed by atoms with van der Waals surface area (Å²) in [5.74, 6) is 2.00. The first-order valence-electron chi connectivity index (χ1n) is 12.1. The number of hydrogen-bond donors (Lipinski definition) is 1. The molecule has 1 N–H and O–H groups in total. The molecule has 5 rings (SSSR count). The first kappa shape index (κ1) is 24.1. The van der Waals surface area contributed by atoms with Crippen LogP contribution in [0.2, 0.25) is 0 Å². The molecule has 4 heterocycles. The van der Waals surface area contributed by atoms with Crippen molar-refractivity contribution in [1.29, 1.82) is 5.26 Å². The predicted octanol–water partition coefficient (Wildman–Crippen LogP) is 3.30. The summed E-state index contributed by atoms with van der Waals surface area (Å²) < 4.78 is 7.48. The summed E-state index contributed by atoms with van der Waals surface area (Å²) >= 11 is 0. The number of hydrogen-bond acceptors (Lipinski definition) is 8. The van der Waals surface area contributed by atoms with Crippen LogP contribution < -0.4 is 4.74 Å². The van der Waals surface area contributed by atoms with Crippen LogP contribution in [0.25, 0.3) is 17.1 Å². The van der Waals surface area contributed by atoms with Crippen LogP contribution in [0.15, 0.2) is 67.1 Å². The van der Waals surface area contributed by atoms with Gasteiger partial charge in [-0.05, 0) is 49.2 Å². The number of piperidine rings is 1. The lowest BCUT2D eigenvalue weighted by Gasteiger charge is -2.29. The number of likely N-dealkylation sites (tertiary alicyclic amines) is 1. The van der Waals surface area contributed by atoms with E-state index in [0.29, 0.717) is 72.4 Å². The Bertz CT molecular complexity index is 1420. The lowest BCUT2D eigenvalue weighted by Crippen LogP contribution is -2.40. The minimum absolute atomic E-state index is 0.0184. The van der Waals surface area contributed by atoms with Crippen molar-refractivity contribution in [3.63, 3.8) is 0 Å². The van der Waals surface area contributed by atoms with Crippen molar-refractivity contribution in [3.8, 4) is 34.8 Å². The molecule has 0 radical (unpaired) electrons. The number of nitriles is 1. The largest absolute Gasteiger partial charge is 0.437 e.